The van der Waals surface area contributed by atoms with E-state index in [0.29, 0.717) is 32.5 Å². The lowest BCUT2D eigenvalue weighted by atomic mass is 9.96. The molecular formula is C18H19F2N3O3. The van der Waals surface area contributed by atoms with Gasteiger partial charge in [-0.2, -0.15) is 5.26 Å². The number of nitriles is 1. The number of carbonyl (C=O) groups is 2. The number of esters is 1. The third-order valence-corrected chi connectivity index (χ3v) is 4.08. The number of para-hydroxylation sites is 1. The molecule has 1 heterocycles. The molecular weight excluding hydrogens is 344 g/mol. The molecule has 0 aromatic heterocycles. The van der Waals surface area contributed by atoms with Gasteiger partial charge in [0, 0.05) is 19.3 Å². The summed E-state index contributed by atoms with van der Waals surface area (Å²) in [5, 5.41) is 11.5. The lowest BCUT2D eigenvalue weighted by Crippen LogP contribution is -2.41. The Kier molecular flexibility index (Phi) is 6.67. The van der Waals surface area contributed by atoms with Gasteiger partial charge in [-0.3, -0.25) is 9.59 Å². The van der Waals surface area contributed by atoms with Crippen LogP contribution in [0.25, 0.3) is 0 Å². The molecule has 26 heavy (non-hydrogen) atoms. The minimum atomic E-state index is -0.832. The molecule has 1 aliphatic rings. The number of hydrogen-bond donors (Lipinski definition) is 1. The number of carbonyl (C=O) groups excluding carboxylic acids is 2. The number of rotatable bonds is 5. The smallest absolute Gasteiger partial charge is 0.309 e. The standard InChI is InChI=1S/C18H19F2N3O3/c1-2-26-18(25)12-6-8-23(9-7-12)17(24)13(10-21)11-22-16-14(19)4-3-5-15(16)20/h3-5,11-12,22H,2,6-9H2,1H3/b13-11-. The second-order valence-electron chi connectivity index (χ2n) is 5.73. The molecule has 1 aliphatic heterocycles. The van der Waals surface area contributed by atoms with Gasteiger partial charge in [-0.15, -0.1) is 0 Å². The van der Waals surface area contributed by atoms with Gasteiger partial charge in [0.05, 0.1) is 12.5 Å². The zero-order chi connectivity index (χ0) is 19.1. The Morgan fingerprint density at radius 2 is 1.96 bits per heavy atom. The number of amides is 1. The first-order valence-electron chi connectivity index (χ1n) is 8.24. The van der Waals surface area contributed by atoms with Crippen LogP contribution in [0.1, 0.15) is 19.8 Å². The maximum atomic E-state index is 13.6. The highest BCUT2D eigenvalue weighted by Crippen LogP contribution is 2.21. The van der Waals surface area contributed by atoms with Crippen molar-refractivity contribution < 1.29 is 23.1 Å². The molecule has 0 spiro atoms. The van der Waals surface area contributed by atoms with Crippen LogP contribution < -0.4 is 5.32 Å². The number of likely N-dealkylation sites (tertiary alicyclic amines) is 1. The summed E-state index contributed by atoms with van der Waals surface area (Å²) in [5.41, 5.74) is -0.712. The number of ether oxygens (including phenoxy) is 1. The number of benzene rings is 1. The van der Waals surface area contributed by atoms with E-state index in [1.54, 1.807) is 13.0 Å². The van der Waals surface area contributed by atoms with E-state index in [-0.39, 0.29) is 17.5 Å². The molecule has 1 fully saturated rings. The highest BCUT2D eigenvalue weighted by molar-refractivity contribution is 5.97. The van der Waals surface area contributed by atoms with Crippen molar-refractivity contribution in [1.29, 1.82) is 5.26 Å². The van der Waals surface area contributed by atoms with Crippen molar-refractivity contribution in [2.24, 2.45) is 5.92 Å². The van der Waals surface area contributed by atoms with E-state index in [9.17, 15) is 23.6 Å². The van der Waals surface area contributed by atoms with Crippen LogP contribution in [0.4, 0.5) is 14.5 Å². The Labute approximate surface area is 150 Å². The van der Waals surface area contributed by atoms with Crippen molar-refractivity contribution in [2.75, 3.05) is 25.0 Å². The summed E-state index contributed by atoms with van der Waals surface area (Å²) >= 11 is 0. The van der Waals surface area contributed by atoms with Crippen LogP contribution in [0.5, 0.6) is 0 Å². The maximum Gasteiger partial charge on any atom is 0.309 e. The maximum absolute atomic E-state index is 13.6. The molecule has 1 N–H and O–H groups in total. The minimum Gasteiger partial charge on any atom is -0.466 e. The molecule has 8 heteroatoms. The van der Waals surface area contributed by atoms with E-state index in [1.165, 1.54) is 11.0 Å². The van der Waals surface area contributed by atoms with E-state index in [0.717, 1.165) is 18.3 Å². The first kappa shape index (κ1) is 19.4. The monoisotopic (exact) mass is 363 g/mol. The lowest BCUT2D eigenvalue weighted by Gasteiger charge is -2.30. The average Bonchev–Trinajstić information content (AvgIpc) is 2.64. The Morgan fingerprint density at radius 1 is 1.35 bits per heavy atom. The van der Waals surface area contributed by atoms with Gasteiger partial charge in [-0.1, -0.05) is 6.07 Å². The number of anilines is 1. The lowest BCUT2D eigenvalue weighted by molar-refractivity contribution is -0.150. The summed E-state index contributed by atoms with van der Waals surface area (Å²) in [5.74, 6) is -2.77. The van der Waals surface area contributed by atoms with Gasteiger partial charge in [-0.05, 0) is 31.9 Å². The quantitative estimate of drug-likeness (QED) is 0.494. The van der Waals surface area contributed by atoms with Gasteiger partial charge >= 0.3 is 5.97 Å². The molecule has 2 rings (SSSR count). The molecule has 1 aromatic carbocycles. The third kappa shape index (κ3) is 4.57. The molecule has 0 aliphatic carbocycles. The normalized spacial score (nSPS) is 15.3. The van der Waals surface area contributed by atoms with Gasteiger partial charge in [-0.25, -0.2) is 8.78 Å². The number of nitrogens with zero attached hydrogens (tertiary/aromatic N) is 2. The highest BCUT2D eigenvalue weighted by atomic mass is 19.1. The molecule has 0 atom stereocenters. The zero-order valence-corrected chi connectivity index (χ0v) is 14.3. The fourth-order valence-corrected chi connectivity index (χ4v) is 2.67. The predicted octanol–water partition coefficient (Wildman–Crippen LogP) is 2.59. The van der Waals surface area contributed by atoms with E-state index in [1.807, 2.05) is 0 Å². The molecule has 0 bridgehead atoms. The van der Waals surface area contributed by atoms with Gasteiger partial charge in [0.1, 0.15) is 29.0 Å². The molecule has 1 aromatic rings. The van der Waals surface area contributed by atoms with Crippen molar-refractivity contribution in [2.45, 2.75) is 19.8 Å². The van der Waals surface area contributed by atoms with Crippen molar-refractivity contribution in [3.63, 3.8) is 0 Å². The SMILES string of the molecule is CCOC(=O)C1CCN(C(=O)/C(C#N)=C\Nc2c(F)cccc2F)CC1. The Morgan fingerprint density at radius 3 is 2.50 bits per heavy atom. The second kappa shape index (κ2) is 8.94. The van der Waals surface area contributed by atoms with E-state index >= 15 is 0 Å². The fraction of sp³-hybridized carbons (Fsp3) is 0.389. The summed E-state index contributed by atoms with van der Waals surface area (Å²) in [6.45, 7) is 2.63. The molecule has 6 nitrogen and oxygen atoms in total. The van der Waals surface area contributed by atoms with Crippen molar-refractivity contribution in [1.82, 2.24) is 4.90 Å². The summed E-state index contributed by atoms with van der Waals surface area (Å²) in [7, 11) is 0. The molecule has 0 saturated carbocycles. The number of piperidine rings is 1. The summed E-state index contributed by atoms with van der Waals surface area (Å²) in [6.07, 6.45) is 1.87. The molecule has 1 amide bonds. The molecule has 0 radical (unpaired) electrons. The van der Waals surface area contributed by atoms with Gasteiger partial charge in [0.2, 0.25) is 0 Å². The molecule has 0 unspecified atom stereocenters. The Bertz CT molecular complexity index is 730. The van der Waals surface area contributed by atoms with Crippen LogP contribution in [0.2, 0.25) is 0 Å². The zero-order valence-electron chi connectivity index (χ0n) is 14.3. The fourth-order valence-electron chi connectivity index (χ4n) is 2.67. The van der Waals surface area contributed by atoms with Gasteiger partial charge in [0.25, 0.3) is 5.91 Å². The van der Waals surface area contributed by atoms with Crippen LogP contribution in [0.3, 0.4) is 0 Å². The predicted molar refractivity (Wildman–Crippen MR) is 89.6 cm³/mol. The van der Waals surface area contributed by atoms with Crippen molar-refractivity contribution >= 4 is 17.6 Å². The minimum absolute atomic E-state index is 0.265. The van der Waals surface area contributed by atoms with E-state index < -0.39 is 23.2 Å². The van der Waals surface area contributed by atoms with E-state index in [2.05, 4.69) is 5.32 Å². The van der Waals surface area contributed by atoms with Crippen LogP contribution in [-0.2, 0) is 14.3 Å². The first-order valence-corrected chi connectivity index (χ1v) is 8.24. The number of hydrogen-bond acceptors (Lipinski definition) is 5. The number of nitrogens with one attached hydrogen (secondary N) is 1. The second-order valence-corrected chi connectivity index (χ2v) is 5.73. The van der Waals surface area contributed by atoms with Crippen LogP contribution in [0, 0.1) is 28.9 Å². The Hall–Kier alpha value is -2.95. The van der Waals surface area contributed by atoms with E-state index in [4.69, 9.17) is 4.74 Å². The summed E-state index contributed by atoms with van der Waals surface area (Å²) in [4.78, 5) is 25.6. The topological polar surface area (TPSA) is 82.4 Å². The van der Waals surface area contributed by atoms with Crippen LogP contribution in [-0.4, -0.2) is 36.5 Å². The first-order chi connectivity index (χ1) is 12.5. The van der Waals surface area contributed by atoms with Gasteiger partial charge < -0.3 is 15.0 Å². The third-order valence-electron chi connectivity index (χ3n) is 4.08. The average molecular weight is 363 g/mol. The number of halogens is 2. The highest BCUT2D eigenvalue weighted by Gasteiger charge is 2.29. The molecule has 1 saturated heterocycles. The van der Waals surface area contributed by atoms with Crippen LogP contribution in [0.15, 0.2) is 30.0 Å². The van der Waals surface area contributed by atoms with Crippen molar-refractivity contribution in [3.05, 3.63) is 41.6 Å². The largest absolute Gasteiger partial charge is 0.466 e. The summed E-state index contributed by atoms with van der Waals surface area (Å²) in [6, 6.07) is 5.07. The summed E-state index contributed by atoms with van der Waals surface area (Å²) < 4.78 is 32.1. The van der Waals surface area contributed by atoms with Crippen molar-refractivity contribution in [3.8, 4) is 6.07 Å². The molecule has 138 valence electrons. The van der Waals surface area contributed by atoms with Gasteiger partial charge in [0.15, 0.2) is 0 Å². The Balaban J connectivity index is 2.01. The van der Waals surface area contributed by atoms with Crippen LogP contribution >= 0.6 is 0 Å².